The summed E-state index contributed by atoms with van der Waals surface area (Å²) in [7, 11) is 3.42. The van der Waals surface area contributed by atoms with Gasteiger partial charge in [-0.2, -0.15) is 0 Å². The predicted molar refractivity (Wildman–Crippen MR) is 143 cm³/mol. The lowest BCUT2D eigenvalue weighted by atomic mass is 9.95. The molecule has 2 aliphatic rings. The van der Waals surface area contributed by atoms with Crippen LogP contribution < -0.4 is 20.9 Å². The van der Waals surface area contributed by atoms with Crippen molar-refractivity contribution < 1.29 is 24.2 Å². The first-order valence-electron chi connectivity index (χ1n) is 12.5. The number of fused-ring (bicyclic) bond motifs is 2. The summed E-state index contributed by atoms with van der Waals surface area (Å²) in [5.74, 6) is 0.0618. The van der Waals surface area contributed by atoms with Gasteiger partial charge >= 0.3 is 6.09 Å². The number of alkyl carbamates (subject to hydrolysis) is 1. The summed E-state index contributed by atoms with van der Waals surface area (Å²) < 4.78 is 5.17. The van der Waals surface area contributed by atoms with Crippen LogP contribution in [0.2, 0.25) is 0 Å². The number of hydrogen-bond donors (Lipinski definition) is 3. The van der Waals surface area contributed by atoms with Crippen LogP contribution in [0.4, 0.5) is 16.2 Å². The van der Waals surface area contributed by atoms with Gasteiger partial charge in [-0.25, -0.2) is 4.79 Å². The Labute approximate surface area is 218 Å². The summed E-state index contributed by atoms with van der Waals surface area (Å²) in [6.45, 7) is 7.36. The van der Waals surface area contributed by atoms with E-state index in [-0.39, 0.29) is 24.3 Å². The maximum atomic E-state index is 12.5. The number of nitrogens with zero attached hydrogens (tertiary/aromatic N) is 2. The maximum Gasteiger partial charge on any atom is 0.408 e. The SMILES string of the molecule is CC1CC(N)C(=O)N(C)c2ccccc21.CN1C(=O)C(NC(=O)OC(C)(C)C)CC(O)c2ccccc21. The second-order valence-electron chi connectivity index (χ2n) is 10.6. The van der Waals surface area contributed by atoms with E-state index in [2.05, 4.69) is 18.3 Å². The van der Waals surface area contributed by atoms with Gasteiger partial charge in [0.1, 0.15) is 11.6 Å². The number of benzene rings is 2. The number of carbonyl (C=O) groups is 3. The van der Waals surface area contributed by atoms with Crippen molar-refractivity contribution in [1.82, 2.24) is 5.32 Å². The molecule has 9 heteroatoms. The summed E-state index contributed by atoms with van der Waals surface area (Å²) in [6.07, 6.45) is -0.665. The summed E-state index contributed by atoms with van der Waals surface area (Å²) in [6, 6.07) is 13.9. The molecule has 2 heterocycles. The molecule has 4 unspecified atom stereocenters. The van der Waals surface area contributed by atoms with Crippen LogP contribution in [0.3, 0.4) is 0 Å². The molecule has 0 fully saturated rings. The molecule has 4 rings (SSSR count). The third kappa shape index (κ3) is 6.67. The number of rotatable bonds is 1. The highest BCUT2D eigenvalue weighted by molar-refractivity contribution is 6.00. The van der Waals surface area contributed by atoms with Gasteiger partial charge in [0.2, 0.25) is 11.8 Å². The van der Waals surface area contributed by atoms with Gasteiger partial charge in [-0.15, -0.1) is 0 Å². The molecule has 4 atom stereocenters. The van der Waals surface area contributed by atoms with E-state index in [1.54, 1.807) is 58.0 Å². The van der Waals surface area contributed by atoms with Gasteiger partial charge in [0.05, 0.1) is 12.1 Å². The van der Waals surface area contributed by atoms with Crippen molar-refractivity contribution in [1.29, 1.82) is 0 Å². The lowest BCUT2D eigenvalue weighted by molar-refractivity contribution is -0.121. The van der Waals surface area contributed by atoms with Crippen LogP contribution in [-0.2, 0) is 14.3 Å². The highest BCUT2D eigenvalue weighted by Gasteiger charge is 2.34. The fourth-order valence-corrected chi connectivity index (χ4v) is 4.63. The molecule has 3 amide bonds. The number of amides is 3. The molecular formula is C28H38N4O5. The summed E-state index contributed by atoms with van der Waals surface area (Å²) in [5, 5.41) is 12.9. The average molecular weight is 511 g/mol. The smallest absolute Gasteiger partial charge is 0.408 e. The second kappa shape index (κ2) is 11.3. The van der Waals surface area contributed by atoms with E-state index in [1.807, 2.05) is 24.3 Å². The zero-order chi connectivity index (χ0) is 27.5. The molecule has 4 N–H and O–H groups in total. The largest absolute Gasteiger partial charge is 0.444 e. The van der Waals surface area contributed by atoms with Crippen LogP contribution in [0.5, 0.6) is 0 Å². The van der Waals surface area contributed by atoms with Gasteiger partial charge in [-0.3, -0.25) is 9.59 Å². The van der Waals surface area contributed by atoms with Gasteiger partial charge in [-0.1, -0.05) is 43.3 Å². The molecule has 0 aliphatic carbocycles. The number of anilines is 2. The number of nitrogens with one attached hydrogen (secondary N) is 1. The molecule has 0 bridgehead atoms. The number of ether oxygens (including phenoxy) is 1. The number of para-hydroxylation sites is 2. The van der Waals surface area contributed by atoms with Crippen molar-refractivity contribution >= 4 is 29.3 Å². The van der Waals surface area contributed by atoms with E-state index in [1.165, 1.54) is 10.5 Å². The predicted octanol–water partition coefficient (Wildman–Crippen LogP) is 3.46. The van der Waals surface area contributed by atoms with E-state index < -0.39 is 23.8 Å². The molecule has 0 spiro atoms. The lowest BCUT2D eigenvalue weighted by Gasteiger charge is -2.24. The van der Waals surface area contributed by atoms with Crippen molar-refractivity contribution in [2.24, 2.45) is 5.73 Å². The van der Waals surface area contributed by atoms with E-state index in [4.69, 9.17) is 10.5 Å². The van der Waals surface area contributed by atoms with Crippen molar-refractivity contribution in [3.8, 4) is 0 Å². The number of likely N-dealkylation sites (N-methyl/N-ethyl adjacent to an activating group) is 2. The zero-order valence-electron chi connectivity index (χ0n) is 22.4. The Hall–Kier alpha value is -3.43. The van der Waals surface area contributed by atoms with Crippen molar-refractivity contribution in [3.63, 3.8) is 0 Å². The minimum atomic E-state index is -0.831. The van der Waals surface area contributed by atoms with Crippen LogP contribution >= 0.6 is 0 Å². The zero-order valence-corrected chi connectivity index (χ0v) is 22.4. The normalized spacial score (nSPS) is 23.6. The Kier molecular flexibility index (Phi) is 8.60. The number of hydrogen-bond acceptors (Lipinski definition) is 6. The maximum absolute atomic E-state index is 12.5. The van der Waals surface area contributed by atoms with Crippen molar-refractivity contribution in [2.75, 3.05) is 23.9 Å². The average Bonchev–Trinajstić information content (AvgIpc) is 2.98. The third-order valence-electron chi connectivity index (χ3n) is 6.52. The summed E-state index contributed by atoms with van der Waals surface area (Å²) in [4.78, 5) is 39.4. The summed E-state index contributed by atoms with van der Waals surface area (Å²) in [5.41, 5.74) is 8.72. The fraction of sp³-hybridized carbons (Fsp3) is 0.464. The first-order valence-corrected chi connectivity index (χ1v) is 12.5. The highest BCUT2D eigenvalue weighted by Crippen LogP contribution is 2.34. The van der Waals surface area contributed by atoms with Gasteiger partial charge in [-0.05, 0) is 50.8 Å². The van der Waals surface area contributed by atoms with Crippen LogP contribution in [-0.4, -0.2) is 54.8 Å². The molecule has 2 aliphatic heterocycles. The molecule has 200 valence electrons. The van der Waals surface area contributed by atoms with Gasteiger partial charge in [0, 0.05) is 37.5 Å². The van der Waals surface area contributed by atoms with Crippen molar-refractivity contribution in [3.05, 3.63) is 59.7 Å². The standard InChI is InChI=1S/C16H22N2O4.C12H16N2O/c1-16(2,3)22-15(21)17-11-9-13(19)10-7-5-6-8-12(10)18(4)14(11)20;1-8-7-10(13)12(15)14(2)11-6-4-3-5-9(8)11/h5-8,11,13,19H,9H2,1-4H3,(H,17,21);3-6,8,10H,7,13H2,1-2H3. The van der Waals surface area contributed by atoms with E-state index in [9.17, 15) is 19.5 Å². The van der Waals surface area contributed by atoms with Crippen molar-refractivity contribution in [2.45, 2.75) is 70.2 Å². The van der Waals surface area contributed by atoms with Crippen LogP contribution in [0, 0.1) is 0 Å². The molecule has 0 saturated carbocycles. The number of aliphatic hydroxyl groups excluding tert-OH is 1. The molecule has 0 radical (unpaired) electrons. The molecule has 9 nitrogen and oxygen atoms in total. The second-order valence-corrected chi connectivity index (χ2v) is 10.6. The molecule has 0 saturated heterocycles. The van der Waals surface area contributed by atoms with E-state index >= 15 is 0 Å². The highest BCUT2D eigenvalue weighted by atomic mass is 16.6. The Balaban J connectivity index is 0.000000220. The van der Waals surface area contributed by atoms with Gasteiger partial charge in [0.15, 0.2) is 0 Å². The number of carbonyl (C=O) groups excluding carboxylic acids is 3. The van der Waals surface area contributed by atoms with E-state index in [0.717, 1.165) is 12.1 Å². The molecule has 0 aromatic heterocycles. The fourth-order valence-electron chi connectivity index (χ4n) is 4.63. The minimum Gasteiger partial charge on any atom is -0.444 e. The molecule has 2 aromatic rings. The molecule has 2 aromatic carbocycles. The first-order chi connectivity index (χ1) is 17.3. The Morgan fingerprint density at radius 2 is 1.46 bits per heavy atom. The quantitative estimate of drug-likeness (QED) is 0.540. The van der Waals surface area contributed by atoms with Gasteiger partial charge in [0.25, 0.3) is 0 Å². The van der Waals surface area contributed by atoms with Gasteiger partial charge < -0.3 is 30.7 Å². The molecular weight excluding hydrogens is 472 g/mol. The summed E-state index contributed by atoms with van der Waals surface area (Å²) >= 11 is 0. The Morgan fingerprint density at radius 3 is 2.05 bits per heavy atom. The van der Waals surface area contributed by atoms with Crippen LogP contribution in [0.15, 0.2) is 48.5 Å². The third-order valence-corrected chi connectivity index (χ3v) is 6.52. The topological polar surface area (TPSA) is 125 Å². The van der Waals surface area contributed by atoms with Crippen LogP contribution in [0.25, 0.3) is 0 Å². The number of aliphatic hydroxyl groups is 1. The molecule has 37 heavy (non-hydrogen) atoms. The first kappa shape index (κ1) is 28.1. The monoisotopic (exact) mass is 510 g/mol. The number of nitrogens with two attached hydrogens (primary N) is 1. The minimum absolute atomic E-state index is 0.00630. The Morgan fingerprint density at radius 1 is 0.946 bits per heavy atom. The van der Waals surface area contributed by atoms with Crippen LogP contribution in [0.1, 0.15) is 63.7 Å². The lowest BCUT2D eigenvalue weighted by Crippen LogP contribution is -2.48. The van der Waals surface area contributed by atoms with E-state index in [0.29, 0.717) is 17.2 Å². The Bertz CT molecular complexity index is 1150.